The van der Waals surface area contributed by atoms with Crippen molar-refractivity contribution in [2.45, 2.75) is 56.8 Å². The fraction of sp³-hybridized carbons (Fsp3) is 0.688. The number of piperidine rings is 1. The Labute approximate surface area is 124 Å². The van der Waals surface area contributed by atoms with Crippen molar-refractivity contribution < 1.29 is 0 Å². The van der Waals surface area contributed by atoms with E-state index in [1.807, 2.05) is 6.20 Å². The van der Waals surface area contributed by atoms with Gasteiger partial charge in [0.05, 0.1) is 0 Å². The van der Waals surface area contributed by atoms with Gasteiger partial charge in [0.2, 0.25) is 0 Å². The zero-order chi connectivity index (χ0) is 13.2. The van der Waals surface area contributed by atoms with E-state index in [2.05, 4.69) is 33.8 Å². The third-order valence-electron chi connectivity index (χ3n) is 4.78. The van der Waals surface area contributed by atoms with E-state index in [0.29, 0.717) is 0 Å². The third-order valence-corrected chi connectivity index (χ3v) is 5.42. The summed E-state index contributed by atoms with van der Waals surface area (Å²) >= 11 is 3.51. The van der Waals surface area contributed by atoms with Crippen LogP contribution in [0, 0.1) is 12.8 Å². The van der Waals surface area contributed by atoms with Crippen LogP contribution in [0.2, 0.25) is 0 Å². The number of nitrogens with zero attached hydrogens (tertiary/aromatic N) is 2. The minimum Gasteiger partial charge on any atom is -0.353 e. The predicted molar refractivity (Wildman–Crippen MR) is 83.9 cm³/mol. The van der Waals surface area contributed by atoms with Crippen molar-refractivity contribution in [2.75, 3.05) is 11.4 Å². The molecule has 0 unspecified atom stereocenters. The number of anilines is 1. The molecule has 1 aliphatic carbocycles. The molecule has 104 valence electrons. The predicted octanol–water partition coefficient (Wildman–Crippen LogP) is 4.44. The first-order valence-corrected chi connectivity index (χ1v) is 8.70. The molecule has 1 aromatic rings. The van der Waals surface area contributed by atoms with Crippen LogP contribution < -0.4 is 4.90 Å². The van der Waals surface area contributed by atoms with Gasteiger partial charge in [-0.25, -0.2) is 4.98 Å². The number of hydrogen-bond donors (Lipinski definition) is 0. The van der Waals surface area contributed by atoms with Crippen molar-refractivity contribution in [1.82, 2.24) is 4.98 Å². The Morgan fingerprint density at radius 2 is 2.05 bits per heavy atom. The second-order valence-electron chi connectivity index (χ2n) is 6.07. The lowest BCUT2D eigenvalue weighted by Crippen LogP contribution is -2.47. The van der Waals surface area contributed by atoms with Crippen molar-refractivity contribution >= 4 is 21.7 Å². The van der Waals surface area contributed by atoms with Crippen LogP contribution in [0.4, 0.5) is 5.82 Å². The zero-order valence-electron chi connectivity index (χ0n) is 11.7. The smallest absolute Gasteiger partial charge is 0.131 e. The summed E-state index contributed by atoms with van der Waals surface area (Å²) < 4.78 is 0. The lowest BCUT2D eigenvalue weighted by Gasteiger charge is -2.45. The van der Waals surface area contributed by atoms with E-state index in [1.54, 1.807) is 0 Å². The van der Waals surface area contributed by atoms with Crippen LogP contribution in [-0.2, 0) is 5.33 Å². The highest BCUT2D eigenvalue weighted by Gasteiger charge is 2.34. The van der Waals surface area contributed by atoms with Gasteiger partial charge in [-0.15, -0.1) is 0 Å². The molecule has 2 aliphatic rings. The molecule has 0 amide bonds. The molecule has 1 aliphatic heterocycles. The molecule has 0 aromatic carbocycles. The monoisotopic (exact) mass is 322 g/mol. The molecule has 0 bridgehead atoms. The maximum Gasteiger partial charge on any atom is 0.131 e. The van der Waals surface area contributed by atoms with Gasteiger partial charge in [0, 0.05) is 24.1 Å². The Kier molecular flexibility index (Phi) is 4.11. The average molecular weight is 323 g/mol. The first-order chi connectivity index (χ1) is 9.29. The van der Waals surface area contributed by atoms with Crippen LogP contribution in [0.1, 0.15) is 49.7 Å². The van der Waals surface area contributed by atoms with Crippen LogP contribution in [0.25, 0.3) is 0 Å². The molecule has 2 heterocycles. The second-order valence-corrected chi connectivity index (χ2v) is 6.63. The van der Waals surface area contributed by atoms with Gasteiger partial charge < -0.3 is 4.90 Å². The Morgan fingerprint density at radius 3 is 2.84 bits per heavy atom. The summed E-state index contributed by atoms with van der Waals surface area (Å²) in [5.41, 5.74) is 2.61. The summed E-state index contributed by atoms with van der Waals surface area (Å²) in [5.74, 6) is 2.15. The SMILES string of the molecule is Cc1cc(CBr)cnc1N1CCC[C@H]2CCCC[C@H]21. The fourth-order valence-corrected chi connectivity index (χ4v) is 4.19. The van der Waals surface area contributed by atoms with Crippen molar-refractivity contribution in [2.24, 2.45) is 5.92 Å². The second kappa shape index (κ2) is 5.82. The van der Waals surface area contributed by atoms with Crippen molar-refractivity contribution in [1.29, 1.82) is 0 Å². The summed E-state index contributed by atoms with van der Waals surface area (Å²) in [6.45, 7) is 3.41. The molecular formula is C16H23BrN2. The van der Waals surface area contributed by atoms with Crippen LogP contribution >= 0.6 is 15.9 Å². The number of aryl methyl sites for hydroxylation is 1. The first kappa shape index (κ1) is 13.4. The summed E-state index contributed by atoms with van der Waals surface area (Å²) in [6.07, 6.45) is 10.4. The van der Waals surface area contributed by atoms with Crippen LogP contribution in [-0.4, -0.2) is 17.6 Å². The molecular weight excluding hydrogens is 300 g/mol. The maximum atomic E-state index is 4.76. The normalized spacial score (nSPS) is 27.2. The van der Waals surface area contributed by atoms with Crippen LogP contribution in [0.15, 0.2) is 12.3 Å². The standard InChI is InChI=1S/C16H23BrN2/c1-12-9-13(10-17)11-18-16(12)19-8-4-6-14-5-2-3-7-15(14)19/h9,11,14-15H,2-8,10H2,1H3/t14-,15-/m1/s1. The fourth-order valence-electron chi connectivity index (χ4n) is 3.89. The van der Waals surface area contributed by atoms with Gasteiger partial charge in [0.25, 0.3) is 0 Å². The molecule has 3 heteroatoms. The number of hydrogen-bond acceptors (Lipinski definition) is 2. The molecule has 19 heavy (non-hydrogen) atoms. The van der Waals surface area contributed by atoms with E-state index in [0.717, 1.165) is 17.3 Å². The average Bonchev–Trinajstić information content (AvgIpc) is 2.46. The lowest BCUT2D eigenvalue weighted by molar-refractivity contribution is 0.242. The molecule has 2 nitrogen and oxygen atoms in total. The summed E-state index contributed by atoms with van der Waals surface area (Å²) in [5, 5.41) is 0.896. The third kappa shape index (κ3) is 2.67. The van der Waals surface area contributed by atoms with Gasteiger partial charge in [-0.2, -0.15) is 0 Å². The number of rotatable bonds is 2. The van der Waals surface area contributed by atoms with Crippen LogP contribution in [0.3, 0.4) is 0 Å². The molecule has 1 saturated carbocycles. The number of pyridine rings is 1. The molecule has 1 aromatic heterocycles. The lowest BCUT2D eigenvalue weighted by atomic mass is 9.78. The summed E-state index contributed by atoms with van der Waals surface area (Å²) in [6, 6.07) is 3.03. The van der Waals surface area contributed by atoms with E-state index in [4.69, 9.17) is 4.98 Å². The number of aromatic nitrogens is 1. The van der Waals surface area contributed by atoms with Gasteiger partial charge in [0.1, 0.15) is 5.82 Å². The molecule has 2 fully saturated rings. The number of alkyl halides is 1. The van der Waals surface area contributed by atoms with Crippen molar-refractivity contribution in [3.05, 3.63) is 23.4 Å². The molecule has 0 N–H and O–H groups in total. The summed E-state index contributed by atoms with van der Waals surface area (Å²) in [4.78, 5) is 7.37. The quantitative estimate of drug-likeness (QED) is 0.748. The van der Waals surface area contributed by atoms with Crippen molar-refractivity contribution in [3.63, 3.8) is 0 Å². The molecule has 0 spiro atoms. The molecule has 0 radical (unpaired) electrons. The Morgan fingerprint density at radius 1 is 1.26 bits per heavy atom. The number of halogens is 1. The van der Waals surface area contributed by atoms with Gasteiger partial charge in [0.15, 0.2) is 0 Å². The topological polar surface area (TPSA) is 16.1 Å². The maximum absolute atomic E-state index is 4.76. The van der Waals surface area contributed by atoms with E-state index in [9.17, 15) is 0 Å². The van der Waals surface area contributed by atoms with Crippen molar-refractivity contribution in [3.8, 4) is 0 Å². The minimum atomic E-state index is 0.753. The highest BCUT2D eigenvalue weighted by atomic mass is 79.9. The Bertz CT molecular complexity index is 444. The van der Waals surface area contributed by atoms with Gasteiger partial charge in [-0.05, 0) is 49.7 Å². The highest BCUT2D eigenvalue weighted by Crippen LogP contribution is 2.38. The van der Waals surface area contributed by atoms with Gasteiger partial charge >= 0.3 is 0 Å². The first-order valence-electron chi connectivity index (χ1n) is 7.57. The summed E-state index contributed by atoms with van der Waals surface area (Å²) in [7, 11) is 0. The highest BCUT2D eigenvalue weighted by molar-refractivity contribution is 9.08. The van der Waals surface area contributed by atoms with E-state index >= 15 is 0 Å². The zero-order valence-corrected chi connectivity index (χ0v) is 13.3. The van der Waals surface area contributed by atoms with E-state index in [-0.39, 0.29) is 0 Å². The van der Waals surface area contributed by atoms with Crippen LogP contribution in [0.5, 0.6) is 0 Å². The molecule has 1 saturated heterocycles. The molecule has 3 rings (SSSR count). The minimum absolute atomic E-state index is 0.753. The Hall–Kier alpha value is -0.570. The van der Waals surface area contributed by atoms with E-state index in [1.165, 1.54) is 62.0 Å². The Balaban J connectivity index is 1.87. The largest absolute Gasteiger partial charge is 0.353 e. The van der Waals surface area contributed by atoms with Gasteiger partial charge in [-0.1, -0.05) is 34.8 Å². The van der Waals surface area contributed by atoms with E-state index < -0.39 is 0 Å². The number of fused-ring (bicyclic) bond motifs is 1. The molecule has 2 atom stereocenters. The van der Waals surface area contributed by atoms with Gasteiger partial charge in [-0.3, -0.25) is 0 Å².